The third-order valence-corrected chi connectivity index (χ3v) is 3.57. The highest BCUT2D eigenvalue weighted by atomic mass is 32.1. The highest BCUT2D eigenvalue weighted by molar-refractivity contribution is 7.11. The van der Waals surface area contributed by atoms with E-state index in [0.29, 0.717) is 11.3 Å². The van der Waals surface area contributed by atoms with Crippen LogP contribution in [0.4, 0.5) is 26.3 Å². The average Bonchev–Trinajstić information content (AvgIpc) is 2.94. The van der Waals surface area contributed by atoms with E-state index in [1.54, 1.807) is 0 Å². The van der Waals surface area contributed by atoms with E-state index < -0.39 is 34.4 Å². The molecule has 3 nitrogen and oxygen atoms in total. The summed E-state index contributed by atoms with van der Waals surface area (Å²) in [6.45, 7) is -0.335. The van der Waals surface area contributed by atoms with Crippen LogP contribution in [0.2, 0.25) is 0 Å². The third-order valence-electron chi connectivity index (χ3n) is 2.75. The quantitative estimate of drug-likeness (QED) is 0.843. The van der Waals surface area contributed by atoms with Crippen molar-refractivity contribution < 1.29 is 31.1 Å². The number of nitrogens with zero attached hydrogens (tertiary/aromatic N) is 1. The van der Waals surface area contributed by atoms with Gasteiger partial charge in [-0.2, -0.15) is 26.3 Å². The maximum absolute atomic E-state index is 12.6. The number of carbonyl (C=O) groups is 1. The summed E-state index contributed by atoms with van der Waals surface area (Å²) in [4.78, 5) is 14.2. The van der Waals surface area contributed by atoms with Crippen molar-refractivity contribution in [3.63, 3.8) is 0 Å². The fourth-order valence-electron chi connectivity index (χ4n) is 1.73. The molecule has 2 aromatic rings. The molecular weight excluding hydrogens is 346 g/mol. The summed E-state index contributed by atoms with van der Waals surface area (Å²) in [7, 11) is 0. The van der Waals surface area contributed by atoms with Crippen molar-refractivity contribution in [1.29, 1.82) is 0 Å². The molecule has 0 unspecified atom stereocenters. The summed E-state index contributed by atoms with van der Waals surface area (Å²) >= 11 is 0.504. The molecule has 1 amide bonds. The van der Waals surface area contributed by atoms with Crippen LogP contribution < -0.4 is 5.32 Å². The van der Waals surface area contributed by atoms with Gasteiger partial charge in [0.1, 0.15) is 4.88 Å². The average molecular weight is 354 g/mol. The fraction of sp³-hybridized carbons (Fsp3) is 0.231. The molecule has 0 radical (unpaired) electrons. The number of alkyl halides is 6. The number of benzene rings is 1. The minimum atomic E-state index is -4.77. The summed E-state index contributed by atoms with van der Waals surface area (Å²) in [6, 6.07) is 4.15. The largest absolute Gasteiger partial charge is 0.434 e. The molecule has 1 aromatic carbocycles. The van der Waals surface area contributed by atoms with Gasteiger partial charge in [-0.05, 0) is 17.7 Å². The number of aromatic nitrogens is 1. The molecule has 124 valence electrons. The molecular formula is C13H8F6N2OS. The molecule has 1 heterocycles. The normalized spacial score (nSPS) is 12.3. The lowest BCUT2D eigenvalue weighted by atomic mass is 10.1. The Morgan fingerprint density at radius 1 is 1.13 bits per heavy atom. The van der Waals surface area contributed by atoms with E-state index in [4.69, 9.17) is 0 Å². The van der Waals surface area contributed by atoms with E-state index in [1.165, 1.54) is 6.07 Å². The first-order chi connectivity index (χ1) is 10.6. The van der Waals surface area contributed by atoms with Crippen molar-refractivity contribution in [2.75, 3.05) is 0 Å². The number of carbonyl (C=O) groups excluding carboxylic acids is 1. The molecule has 2 rings (SSSR count). The zero-order valence-electron chi connectivity index (χ0n) is 11.1. The second-order valence-electron chi connectivity index (χ2n) is 4.41. The number of rotatable bonds is 3. The van der Waals surface area contributed by atoms with Crippen molar-refractivity contribution >= 4 is 17.2 Å². The molecule has 0 aliphatic rings. The summed E-state index contributed by atoms with van der Waals surface area (Å²) in [5.41, 5.74) is -1.23. The topological polar surface area (TPSA) is 42.0 Å². The smallest absolute Gasteiger partial charge is 0.347 e. The molecule has 0 spiro atoms. The Kier molecular flexibility index (Phi) is 4.64. The first-order valence-electron chi connectivity index (χ1n) is 6.04. The zero-order chi connectivity index (χ0) is 17.3. The van der Waals surface area contributed by atoms with Crippen LogP contribution >= 0.6 is 11.3 Å². The van der Waals surface area contributed by atoms with Crippen LogP contribution in [0.5, 0.6) is 0 Å². The number of thiazole rings is 1. The van der Waals surface area contributed by atoms with Crippen LogP contribution in [0.25, 0.3) is 0 Å². The van der Waals surface area contributed by atoms with Gasteiger partial charge in [-0.3, -0.25) is 4.79 Å². The fourth-order valence-corrected chi connectivity index (χ4v) is 2.45. The molecule has 0 saturated heterocycles. The van der Waals surface area contributed by atoms with Gasteiger partial charge in [-0.15, -0.1) is 11.3 Å². The molecule has 0 bridgehead atoms. The van der Waals surface area contributed by atoms with Crippen molar-refractivity contribution in [2.24, 2.45) is 0 Å². The lowest BCUT2D eigenvalue weighted by molar-refractivity contribution is -0.141. The lowest BCUT2D eigenvalue weighted by Crippen LogP contribution is -2.25. The monoisotopic (exact) mass is 354 g/mol. The predicted octanol–water partition coefficient (Wildman–Crippen LogP) is 4.11. The molecule has 0 fully saturated rings. The van der Waals surface area contributed by atoms with E-state index in [9.17, 15) is 31.1 Å². The molecule has 0 aliphatic carbocycles. The van der Waals surface area contributed by atoms with E-state index in [1.807, 2.05) is 0 Å². The highest BCUT2D eigenvalue weighted by Gasteiger charge is 2.38. The van der Waals surface area contributed by atoms with Crippen LogP contribution in [0.15, 0.2) is 29.8 Å². The SMILES string of the molecule is O=C(NCc1cccc(C(F)(F)F)c1)c1scnc1C(F)(F)F. The van der Waals surface area contributed by atoms with Gasteiger partial charge in [-0.1, -0.05) is 12.1 Å². The van der Waals surface area contributed by atoms with Gasteiger partial charge in [0.05, 0.1) is 11.1 Å². The minimum Gasteiger partial charge on any atom is -0.347 e. The standard InChI is InChI=1S/C13H8F6N2OS/c14-12(15,16)8-3-1-2-7(4-8)5-20-11(22)9-10(13(17,18)19)21-6-23-9/h1-4,6H,5H2,(H,20,22). The van der Waals surface area contributed by atoms with Crippen LogP contribution in [0.1, 0.15) is 26.5 Å². The molecule has 0 atom stereocenters. The first-order valence-corrected chi connectivity index (χ1v) is 6.92. The summed E-state index contributed by atoms with van der Waals surface area (Å²) < 4.78 is 75.6. The Bertz CT molecular complexity index is 707. The van der Waals surface area contributed by atoms with Crippen molar-refractivity contribution in [3.05, 3.63) is 51.5 Å². The summed E-state index contributed by atoms with van der Waals surface area (Å²) in [5, 5.41) is 2.16. The van der Waals surface area contributed by atoms with Gasteiger partial charge >= 0.3 is 12.4 Å². The molecule has 1 N–H and O–H groups in total. The van der Waals surface area contributed by atoms with Crippen molar-refractivity contribution in [3.8, 4) is 0 Å². The zero-order valence-corrected chi connectivity index (χ0v) is 11.9. The van der Waals surface area contributed by atoms with Gasteiger partial charge in [0.25, 0.3) is 5.91 Å². The minimum absolute atomic E-state index is 0.117. The number of hydrogen-bond acceptors (Lipinski definition) is 3. The number of amides is 1. The van der Waals surface area contributed by atoms with Gasteiger partial charge < -0.3 is 5.32 Å². The summed E-state index contributed by atoms with van der Waals surface area (Å²) in [5.74, 6) is -1.04. The predicted molar refractivity (Wildman–Crippen MR) is 69.7 cm³/mol. The Morgan fingerprint density at radius 2 is 1.83 bits per heavy atom. The third kappa shape index (κ3) is 4.21. The molecule has 0 saturated carbocycles. The van der Waals surface area contributed by atoms with Gasteiger partial charge in [0.2, 0.25) is 0 Å². The number of halogens is 6. The van der Waals surface area contributed by atoms with Gasteiger partial charge in [0, 0.05) is 6.54 Å². The lowest BCUT2D eigenvalue weighted by Gasteiger charge is -2.10. The second kappa shape index (κ2) is 6.19. The molecule has 0 aliphatic heterocycles. The van der Waals surface area contributed by atoms with Crippen molar-refractivity contribution in [2.45, 2.75) is 18.9 Å². The van der Waals surface area contributed by atoms with Crippen LogP contribution in [-0.4, -0.2) is 10.9 Å². The number of nitrogens with one attached hydrogen (secondary N) is 1. The summed E-state index contributed by atoms with van der Waals surface area (Å²) in [6.07, 6.45) is -9.32. The molecule has 23 heavy (non-hydrogen) atoms. The van der Waals surface area contributed by atoms with Crippen molar-refractivity contribution in [1.82, 2.24) is 10.3 Å². The molecule has 1 aromatic heterocycles. The Balaban J connectivity index is 2.10. The first kappa shape index (κ1) is 17.3. The van der Waals surface area contributed by atoms with Crippen LogP contribution in [0.3, 0.4) is 0 Å². The van der Waals surface area contributed by atoms with Crippen LogP contribution in [-0.2, 0) is 18.9 Å². The molecule has 10 heteroatoms. The van der Waals surface area contributed by atoms with E-state index in [2.05, 4.69) is 10.3 Å². The van der Waals surface area contributed by atoms with E-state index in [0.717, 1.165) is 23.7 Å². The Labute approximate surface area is 130 Å². The second-order valence-corrected chi connectivity index (χ2v) is 5.26. The maximum Gasteiger partial charge on any atom is 0.434 e. The Hall–Kier alpha value is -2.10. The Morgan fingerprint density at radius 3 is 2.43 bits per heavy atom. The number of hydrogen-bond donors (Lipinski definition) is 1. The van der Waals surface area contributed by atoms with E-state index in [-0.39, 0.29) is 12.1 Å². The maximum atomic E-state index is 12.6. The van der Waals surface area contributed by atoms with E-state index >= 15 is 0 Å². The van der Waals surface area contributed by atoms with Gasteiger partial charge in [-0.25, -0.2) is 4.98 Å². The highest BCUT2D eigenvalue weighted by Crippen LogP contribution is 2.32. The van der Waals surface area contributed by atoms with Gasteiger partial charge in [0.15, 0.2) is 5.69 Å². The van der Waals surface area contributed by atoms with Crippen LogP contribution in [0, 0.1) is 0 Å².